The number of rotatable bonds is 8. The number of para-hydroxylation sites is 3. The maximum absolute atomic E-state index is 14.0. The van der Waals surface area contributed by atoms with Crippen molar-refractivity contribution in [2.24, 2.45) is 0 Å². The SMILES string of the molecule is COc1cccc(NC(=O)CSc2nc3c(sc(=S)n3-c3ccccc3C)c(=O)n2-c2ccccc2OC)c1. The van der Waals surface area contributed by atoms with Crippen LogP contribution in [0.2, 0.25) is 0 Å². The first kappa shape index (κ1) is 26.7. The minimum Gasteiger partial charge on any atom is -0.497 e. The summed E-state index contributed by atoms with van der Waals surface area (Å²) in [5.41, 5.74) is 3.14. The number of amides is 1. The van der Waals surface area contributed by atoms with Crippen molar-refractivity contribution < 1.29 is 14.3 Å². The third-order valence-electron chi connectivity index (χ3n) is 5.95. The number of fused-ring (bicyclic) bond motifs is 1. The number of carbonyl (C=O) groups is 1. The summed E-state index contributed by atoms with van der Waals surface area (Å²) in [5.74, 6) is 0.899. The van der Waals surface area contributed by atoms with Crippen molar-refractivity contribution >= 4 is 57.3 Å². The number of thioether (sulfide) groups is 1. The third-order valence-corrected chi connectivity index (χ3v) is 8.23. The highest BCUT2D eigenvalue weighted by Gasteiger charge is 2.22. The first-order valence-corrected chi connectivity index (χ1v) is 14.1. The minimum absolute atomic E-state index is 0.0134. The Morgan fingerprint density at radius 2 is 1.74 bits per heavy atom. The van der Waals surface area contributed by atoms with Crippen LogP contribution in [0, 0.1) is 10.9 Å². The van der Waals surface area contributed by atoms with Gasteiger partial charge in [-0.1, -0.05) is 59.5 Å². The van der Waals surface area contributed by atoms with E-state index in [2.05, 4.69) is 5.32 Å². The molecule has 0 aliphatic heterocycles. The molecule has 1 amide bonds. The summed E-state index contributed by atoms with van der Waals surface area (Å²) < 4.78 is 15.0. The van der Waals surface area contributed by atoms with E-state index in [1.54, 1.807) is 50.6 Å². The van der Waals surface area contributed by atoms with Crippen molar-refractivity contribution in [2.45, 2.75) is 12.1 Å². The number of aromatic nitrogens is 3. The van der Waals surface area contributed by atoms with Gasteiger partial charge < -0.3 is 14.8 Å². The van der Waals surface area contributed by atoms with E-state index in [-0.39, 0.29) is 17.2 Å². The maximum atomic E-state index is 14.0. The Balaban J connectivity index is 1.62. The molecule has 8 nitrogen and oxygen atoms in total. The van der Waals surface area contributed by atoms with Crippen LogP contribution in [0.5, 0.6) is 11.5 Å². The lowest BCUT2D eigenvalue weighted by atomic mass is 10.2. The van der Waals surface area contributed by atoms with Crippen LogP contribution in [0.1, 0.15) is 5.56 Å². The van der Waals surface area contributed by atoms with Crippen molar-refractivity contribution in [1.82, 2.24) is 14.1 Å². The number of ether oxygens (including phenoxy) is 2. The van der Waals surface area contributed by atoms with Crippen LogP contribution in [0.4, 0.5) is 5.69 Å². The molecule has 198 valence electrons. The molecule has 39 heavy (non-hydrogen) atoms. The van der Waals surface area contributed by atoms with E-state index < -0.39 is 0 Å². The lowest BCUT2D eigenvalue weighted by Crippen LogP contribution is -2.23. The second kappa shape index (κ2) is 11.4. The van der Waals surface area contributed by atoms with Gasteiger partial charge in [0.1, 0.15) is 16.2 Å². The van der Waals surface area contributed by atoms with Crippen molar-refractivity contribution in [3.63, 3.8) is 0 Å². The average molecular weight is 577 g/mol. The zero-order chi connectivity index (χ0) is 27.5. The predicted molar refractivity (Wildman–Crippen MR) is 159 cm³/mol. The van der Waals surface area contributed by atoms with E-state index in [9.17, 15) is 9.59 Å². The molecule has 1 N–H and O–H groups in total. The van der Waals surface area contributed by atoms with Gasteiger partial charge in [0.05, 0.1) is 31.3 Å². The smallest absolute Gasteiger partial charge is 0.278 e. The normalized spacial score (nSPS) is 10.9. The number of thiazole rings is 1. The molecule has 0 saturated carbocycles. The van der Waals surface area contributed by atoms with Crippen LogP contribution in [0.25, 0.3) is 21.7 Å². The summed E-state index contributed by atoms with van der Waals surface area (Å²) in [6, 6.07) is 22.1. The first-order chi connectivity index (χ1) is 18.9. The summed E-state index contributed by atoms with van der Waals surface area (Å²) >= 11 is 8.06. The molecule has 0 aliphatic rings. The molecule has 0 atom stereocenters. The van der Waals surface area contributed by atoms with E-state index in [1.807, 2.05) is 47.9 Å². The molecule has 0 radical (unpaired) electrons. The van der Waals surface area contributed by atoms with Gasteiger partial charge in [0, 0.05) is 11.8 Å². The molecule has 2 aromatic heterocycles. The van der Waals surface area contributed by atoms with E-state index in [1.165, 1.54) is 15.9 Å². The molecule has 3 aromatic carbocycles. The Bertz CT molecular complexity index is 1810. The fourth-order valence-corrected chi connectivity index (χ4v) is 6.20. The molecule has 0 bridgehead atoms. The number of anilines is 1. The molecule has 0 saturated heterocycles. The average Bonchev–Trinajstić information content (AvgIpc) is 3.28. The van der Waals surface area contributed by atoms with Crippen LogP contribution in [-0.2, 0) is 4.79 Å². The largest absolute Gasteiger partial charge is 0.497 e. The van der Waals surface area contributed by atoms with E-state index >= 15 is 0 Å². The molecule has 5 aromatic rings. The van der Waals surface area contributed by atoms with Gasteiger partial charge >= 0.3 is 0 Å². The van der Waals surface area contributed by atoms with E-state index in [0.717, 1.165) is 23.0 Å². The third kappa shape index (κ3) is 5.33. The van der Waals surface area contributed by atoms with Gasteiger partial charge in [0.15, 0.2) is 14.8 Å². The van der Waals surface area contributed by atoms with Crippen LogP contribution in [0.15, 0.2) is 82.7 Å². The Labute approximate surface area is 237 Å². The number of carbonyl (C=O) groups excluding carboxylic acids is 1. The standard InChI is InChI=1S/C28H24N4O4S3/c1-17-9-4-5-12-20(17)31-25-24(39-28(31)37)26(34)32(21-13-6-7-14-22(21)36-3)27(30-25)38-16-23(33)29-18-10-8-11-19(15-18)35-2/h4-15H,16H2,1-3H3,(H,29,33). The number of nitrogens with zero attached hydrogens (tertiary/aromatic N) is 3. The Morgan fingerprint density at radius 1 is 1.00 bits per heavy atom. The molecular weight excluding hydrogens is 553 g/mol. The minimum atomic E-state index is -0.288. The molecule has 5 rings (SSSR count). The van der Waals surface area contributed by atoms with Gasteiger partial charge in [-0.25, -0.2) is 4.98 Å². The highest BCUT2D eigenvalue weighted by atomic mass is 32.2. The van der Waals surface area contributed by atoms with Crippen molar-refractivity contribution in [3.05, 3.63) is 92.7 Å². The number of aryl methyl sites for hydroxylation is 1. The number of nitrogens with one attached hydrogen (secondary N) is 1. The highest BCUT2D eigenvalue weighted by Crippen LogP contribution is 2.31. The fraction of sp³-hybridized carbons (Fsp3) is 0.143. The maximum Gasteiger partial charge on any atom is 0.278 e. The first-order valence-electron chi connectivity index (χ1n) is 11.9. The molecule has 2 heterocycles. The zero-order valence-electron chi connectivity index (χ0n) is 21.3. The van der Waals surface area contributed by atoms with E-state index in [0.29, 0.717) is 42.3 Å². The topological polar surface area (TPSA) is 87.4 Å². The Kier molecular flexibility index (Phi) is 7.82. The van der Waals surface area contributed by atoms with Crippen LogP contribution < -0.4 is 20.3 Å². The molecule has 11 heteroatoms. The van der Waals surface area contributed by atoms with Crippen LogP contribution in [-0.4, -0.2) is 40.0 Å². The number of hydrogen-bond donors (Lipinski definition) is 1. The van der Waals surface area contributed by atoms with Crippen molar-refractivity contribution in [3.8, 4) is 22.9 Å². The summed E-state index contributed by atoms with van der Waals surface area (Å²) in [7, 11) is 3.11. The van der Waals surface area contributed by atoms with Crippen molar-refractivity contribution in [1.29, 1.82) is 0 Å². The molecule has 0 aliphatic carbocycles. The number of hydrogen-bond acceptors (Lipinski definition) is 8. The van der Waals surface area contributed by atoms with Crippen LogP contribution in [0.3, 0.4) is 0 Å². The summed E-state index contributed by atoms with van der Waals surface area (Å²) in [5, 5.41) is 3.21. The second-order valence-corrected chi connectivity index (χ2v) is 11.0. The van der Waals surface area contributed by atoms with Crippen molar-refractivity contribution in [2.75, 3.05) is 25.3 Å². The lowest BCUT2D eigenvalue weighted by Gasteiger charge is -2.15. The number of methoxy groups -OCH3 is 2. The molecular formula is C28H24N4O4S3. The summed E-state index contributed by atoms with van der Waals surface area (Å²) in [6.45, 7) is 1.98. The zero-order valence-corrected chi connectivity index (χ0v) is 23.8. The molecule has 0 fully saturated rings. The van der Waals surface area contributed by atoms with Gasteiger partial charge in [-0.05, 0) is 55.0 Å². The monoisotopic (exact) mass is 576 g/mol. The van der Waals surface area contributed by atoms with Gasteiger partial charge in [-0.15, -0.1) is 0 Å². The molecule has 0 spiro atoms. The quantitative estimate of drug-likeness (QED) is 0.137. The highest BCUT2D eigenvalue weighted by molar-refractivity contribution is 7.99. The fourth-order valence-electron chi connectivity index (χ4n) is 4.11. The lowest BCUT2D eigenvalue weighted by molar-refractivity contribution is -0.113. The van der Waals surface area contributed by atoms with Gasteiger partial charge in [-0.2, -0.15) is 0 Å². The van der Waals surface area contributed by atoms with Gasteiger partial charge in [-0.3, -0.25) is 18.7 Å². The summed E-state index contributed by atoms with van der Waals surface area (Å²) in [6.07, 6.45) is 0. The summed E-state index contributed by atoms with van der Waals surface area (Å²) in [4.78, 5) is 31.8. The van der Waals surface area contributed by atoms with Gasteiger partial charge in [0.25, 0.3) is 5.56 Å². The Hall–Kier alpha value is -3.93. The van der Waals surface area contributed by atoms with Crippen LogP contribution >= 0.6 is 35.3 Å². The van der Waals surface area contributed by atoms with E-state index in [4.69, 9.17) is 26.7 Å². The second-order valence-electron chi connectivity index (χ2n) is 8.42. The predicted octanol–water partition coefficient (Wildman–Crippen LogP) is 6.02. The Morgan fingerprint density at radius 3 is 2.49 bits per heavy atom. The molecule has 0 unspecified atom stereocenters. The van der Waals surface area contributed by atoms with Gasteiger partial charge in [0.2, 0.25) is 5.91 Å². The number of benzene rings is 3.